The van der Waals surface area contributed by atoms with Crippen LogP contribution in [-0.2, 0) is 6.54 Å². The summed E-state index contributed by atoms with van der Waals surface area (Å²) >= 11 is 3.45. The molecular weight excluding hydrogens is 394 g/mol. The molecule has 0 radical (unpaired) electrons. The number of nitrogens with zero attached hydrogens (tertiary/aromatic N) is 1. The number of hydrogen-bond acceptors (Lipinski definition) is 4. The summed E-state index contributed by atoms with van der Waals surface area (Å²) in [5.74, 6) is 2.27. The van der Waals surface area contributed by atoms with E-state index < -0.39 is 0 Å². The number of carbonyl (C=O) groups excluding carboxylic acids is 1. The van der Waals surface area contributed by atoms with Gasteiger partial charge in [-0.25, -0.2) is 0 Å². The fraction of sp³-hybridized carbons (Fsp3) is 0.286. The highest BCUT2D eigenvalue weighted by molar-refractivity contribution is 9.10. The van der Waals surface area contributed by atoms with Gasteiger partial charge in [-0.2, -0.15) is 0 Å². The van der Waals surface area contributed by atoms with Gasteiger partial charge in [-0.05, 0) is 41.8 Å². The Hall–Kier alpha value is -2.11. The summed E-state index contributed by atoms with van der Waals surface area (Å²) in [6, 6.07) is 11.5. The van der Waals surface area contributed by atoms with Gasteiger partial charge in [-0.3, -0.25) is 9.69 Å². The van der Waals surface area contributed by atoms with Crippen LogP contribution in [0.2, 0.25) is 0 Å². The maximum Gasteiger partial charge on any atom is 0.231 e. The molecule has 0 atom stereocenters. The number of benzene rings is 2. The number of rotatable bonds is 3. The fourth-order valence-corrected chi connectivity index (χ4v) is 3.80. The predicted molar refractivity (Wildman–Crippen MR) is 104 cm³/mol. The molecule has 0 saturated heterocycles. The zero-order valence-electron chi connectivity index (χ0n) is 14.8. The Morgan fingerprint density at radius 3 is 2.88 bits per heavy atom. The van der Waals surface area contributed by atoms with Crippen LogP contribution in [0.15, 0.2) is 46.6 Å². The Morgan fingerprint density at radius 2 is 2.12 bits per heavy atom. The summed E-state index contributed by atoms with van der Waals surface area (Å²) in [4.78, 5) is 15.0. The molecule has 2 aromatic rings. The third kappa shape index (κ3) is 3.29. The highest BCUT2D eigenvalue weighted by Gasteiger charge is 2.33. The van der Waals surface area contributed by atoms with E-state index in [1.807, 2.05) is 30.3 Å². The summed E-state index contributed by atoms with van der Waals surface area (Å²) in [6.45, 7) is 6.61. The van der Waals surface area contributed by atoms with Crippen LogP contribution in [0, 0.1) is 5.92 Å². The van der Waals surface area contributed by atoms with Crippen LogP contribution < -0.4 is 9.47 Å². The van der Waals surface area contributed by atoms with Gasteiger partial charge in [0.2, 0.25) is 5.78 Å². The van der Waals surface area contributed by atoms with Gasteiger partial charge < -0.3 is 9.47 Å². The van der Waals surface area contributed by atoms with E-state index in [2.05, 4.69) is 34.7 Å². The average molecular weight is 414 g/mol. The largest absolute Gasteiger partial charge is 0.478 e. The molecule has 0 bridgehead atoms. The van der Waals surface area contributed by atoms with E-state index >= 15 is 0 Å². The van der Waals surface area contributed by atoms with Crippen molar-refractivity contribution in [1.82, 2.24) is 4.90 Å². The lowest BCUT2D eigenvalue weighted by atomic mass is 10.0. The fourth-order valence-electron chi connectivity index (χ4n) is 3.39. The normalized spacial score (nSPS) is 17.8. The molecule has 26 heavy (non-hydrogen) atoms. The summed E-state index contributed by atoms with van der Waals surface area (Å²) in [5, 5.41) is 0. The van der Waals surface area contributed by atoms with Crippen LogP contribution >= 0.6 is 15.9 Å². The van der Waals surface area contributed by atoms with Crippen LogP contribution in [0.5, 0.6) is 11.5 Å². The Balaban J connectivity index is 1.67. The maximum atomic E-state index is 12.8. The van der Waals surface area contributed by atoms with Crippen molar-refractivity contribution in [2.75, 3.05) is 13.3 Å². The molecule has 0 aromatic heterocycles. The molecule has 0 unspecified atom stereocenters. The molecule has 0 aliphatic carbocycles. The molecule has 0 N–H and O–H groups in total. The lowest BCUT2D eigenvalue weighted by Crippen LogP contribution is -2.34. The second-order valence-electron chi connectivity index (χ2n) is 7.09. The second kappa shape index (κ2) is 6.89. The first-order chi connectivity index (χ1) is 12.5. The number of hydrogen-bond donors (Lipinski definition) is 0. The van der Waals surface area contributed by atoms with Gasteiger partial charge in [0.25, 0.3) is 0 Å². The molecule has 2 aromatic carbocycles. The van der Waals surface area contributed by atoms with Crippen molar-refractivity contribution in [2.45, 2.75) is 20.4 Å². The topological polar surface area (TPSA) is 38.8 Å². The van der Waals surface area contributed by atoms with Gasteiger partial charge >= 0.3 is 0 Å². The minimum Gasteiger partial charge on any atom is -0.478 e. The standard InChI is InChI=1S/C21H20BrNO3/c1-13(2)10-23-11-17-18(25-12-23)7-6-16-20(24)19(26-21(16)17)9-14-4-3-5-15(22)8-14/h3-9,13H,10-12H2,1-2H3/b19-9-. The Labute approximate surface area is 161 Å². The monoisotopic (exact) mass is 413 g/mol. The molecule has 2 aliphatic heterocycles. The highest BCUT2D eigenvalue weighted by Crippen LogP contribution is 2.42. The average Bonchev–Trinajstić information content (AvgIpc) is 2.91. The first-order valence-corrected chi connectivity index (χ1v) is 9.51. The van der Waals surface area contributed by atoms with Gasteiger partial charge in [0, 0.05) is 17.6 Å². The lowest BCUT2D eigenvalue weighted by Gasteiger charge is -2.30. The number of ketones is 1. The molecule has 4 rings (SSSR count). The molecule has 4 nitrogen and oxygen atoms in total. The molecule has 134 valence electrons. The molecule has 2 heterocycles. The minimum absolute atomic E-state index is 0.0799. The molecule has 5 heteroatoms. The first kappa shape index (κ1) is 17.3. The third-order valence-electron chi connectivity index (χ3n) is 4.45. The zero-order chi connectivity index (χ0) is 18.3. The minimum atomic E-state index is -0.0799. The first-order valence-electron chi connectivity index (χ1n) is 8.72. The van der Waals surface area contributed by atoms with Gasteiger partial charge in [-0.15, -0.1) is 0 Å². The van der Waals surface area contributed by atoms with E-state index in [1.54, 1.807) is 12.1 Å². The second-order valence-corrected chi connectivity index (χ2v) is 8.01. The predicted octanol–water partition coefficient (Wildman–Crippen LogP) is 4.87. The van der Waals surface area contributed by atoms with E-state index in [0.29, 0.717) is 29.7 Å². The van der Waals surface area contributed by atoms with Crippen molar-refractivity contribution < 1.29 is 14.3 Å². The number of halogens is 1. The Morgan fingerprint density at radius 1 is 1.27 bits per heavy atom. The third-order valence-corrected chi connectivity index (χ3v) is 4.95. The van der Waals surface area contributed by atoms with Crippen molar-refractivity contribution in [3.8, 4) is 11.5 Å². The van der Waals surface area contributed by atoms with Crippen LogP contribution in [0.25, 0.3) is 6.08 Å². The Kier molecular flexibility index (Phi) is 4.59. The Bertz CT molecular complexity index is 904. The van der Waals surface area contributed by atoms with Gasteiger partial charge in [0.05, 0.1) is 11.1 Å². The molecular formula is C21H20BrNO3. The molecule has 0 spiro atoms. The molecule has 2 aliphatic rings. The summed E-state index contributed by atoms with van der Waals surface area (Å²) < 4.78 is 12.8. The van der Waals surface area contributed by atoms with E-state index in [-0.39, 0.29) is 5.78 Å². The molecule has 0 fully saturated rings. The van der Waals surface area contributed by atoms with Gasteiger partial charge in [0.15, 0.2) is 5.76 Å². The number of Topliss-reactive ketones (excluding diaryl/α,β-unsaturated/α-hetero) is 1. The van der Waals surface area contributed by atoms with Crippen LogP contribution in [0.3, 0.4) is 0 Å². The quantitative estimate of drug-likeness (QED) is 0.672. The zero-order valence-corrected chi connectivity index (χ0v) is 16.4. The summed E-state index contributed by atoms with van der Waals surface area (Å²) in [6.07, 6.45) is 1.79. The number of ether oxygens (including phenoxy) is 2. The van der Waals surface area contributed by atoms with Crippen molar-refractivity contribution in [3.63, 3.8) is 0 Å². The van der Waals surface area contributed by atoms with Crippen LogP contribution in [0.1, 0.15) is 35.3 Å². The molecule has 0 amide bonds. The smallest absolute Gasteiger partial charge is 0.231 e. The number of carbonyl (C=O) groups is 1. The highest BCUT2D eigenvalue weighted by atomic mass is 79.9. The van der Waals surface area contributed by atoms with E-state index in [9.17, 15) is 4.79 Å². The lowest BCUT2D eigenvalue weighted by molar-refractivity contribution is 0.0832. The van der Waals surface area contributed by atoms with Crippen molar-refractivity contribution >= 4 is 27.8 Å². The molecule has 0 saturated carbocycles. The van der Waals surface area contributed by atoms with Crippen LogP contribution in [-0.4, -0.2) is 24.0 Å². The van der Waals surface area contributed by atoms with E-state index in [0.717, 1.165) is 34.4 Å². The summed E-state index contributed by atoms with van der Waals surface area (Å²) in [5.41, 5.74) is 2.49. The van der Waals surface area contributed by atoms with Crippen LogP contribution in [0.4, 0.5) is 0 Å². The van der Waals surface area contributed by atoms with Crippen molar-refractivity contribution in [3.05, 3.63) is 63.3 Å². The van der Waals surface area contributed by atoms with E-state index in [1.165, 1.54) is 0 Å². The maximum absolute atomic E-state index is 12.8. The van der Waals surface area contributed by atoms with Crippen molar-refractivity contribution in [1.29, 1.82) is 0 Å². The number of allylic oxidation sites excluding steroid dienone is 1. The number of fused-ring (bicyclic) bond motifs is 3. The SMILES string of the molecule is CC(C)CN1COc2ccc3c(c2C1)O/C(=C\c1cccc(Br)c1)C3=O. The van der Waals surface area contributed by atoms with E-state index in [4.69, 9.17) is 9.47 Å². The summed E-state index contributed by atoms with van der Waals surface area (Å²) in [7, 11) is 0. The van der Waals surface area contributed by atoms with Gasteiger partial charge in [-0.1, -0.05) is 41.9 Å². The van der Waals surface area contributed by atoms with Gasteiger partial charge in [0.1, 0.15) is 18.2 Å². The van der Waals surface area contributed by atoms with Crippen molar-refractivity contribution in [2.24, 2.45) is 5.92 Å².